The third-order valence-corrected chi connectivity index (χ3v) is 5.97. The first-order chi connectivity index (χ1) is 15.4. The van der Waals surface area contributed by atoms with Gasteiger partial charge in [0.25, 0.3) is 5.91 Å². The number of rotatable bonds is 4. The maximum absolute atomic E-state index is 13.3. The van der Waals surface area contributed by atoms with E-state index in [1.165, 1.54) is 0 Å². The predicted octanol–water partition coefficient (Wildman–Crippen LogP) is 4.89. The van der Waals surface area contributed by atoms with Crippen molar-refractivity contribution in [1.82, 2.24) is 10.3 Å². The van der Waals surface area contributed by atoms with Crippen LogP contribution in [-0.2, 0) is 6.54 Å². The van der Waals surface area contributed by atoms with Gasteiger partial charge in [-0.3, -0.25) is 14.6 Å². The smallest absolute Gasteiger partial charge is 0.253 e. The lowest BCUT2D eigenvalue weighted by Gasteiger charge is -2.20. The number of amides is 1. The molecule has 0 radical (unpaired) electrons. The SMILES string of the molecule is Cc1cc(C(C)Nc2cccc3c2C(=O)NC3)c2oc(-c3cccnc3)c(C)c(=O)c2c1. The molecular formula is C26H23N3O3. The van der Waals surface area contributed by atoms with Crippen molar-refractivity contribution in [3.63, 3.8) is 0 Å². The minimum Gasteiger partial charge on any atom is -0.455 e. The average molecular weight is 425 g/mol. The summed E-state index contributed by atoms with van der Waals surface area (Å²) in [6.07, 6.45) is 3.38. The number of benzene rings is 2. The Morgan fingerprint density at radius 2 is 1.97 bits per heavy atom. The molecule has 2 N–H and O–H groups in total. The van der Waals surface area contributed by atoms with Crippen LogP contribution in [0.5, 0.6) is 0 Å². The van der Waals surface area contributed by atoms with Crippen LogP contribution in [0.25, 0.3) is 22.3 Å². The van der Waals surface area contributed by atoms with E-state index in [-0.39, 0.29) is 17.4 Å². The largest absolute Gasteiger partial charge is 0.455 e. The molecule has 4 aromatic rings. The van der Waals surface area contributed by atoms with E-state index >= 15 is 0 Å². The Morgan fingerprint density at radius 3 is 2.75 bits per heavy atom. The Balaban J connectivity index is 1.66. The molecule has 2 aromatic heterocycles. The van der Waals surface area contributed by atoms with E-state index in [9.17, 15) is 9.59 Å². The van der Waals surface area contributed by atoms with Crippen molar-refractivity contribution in [2.45, 2.75) is 33.4 Å². The van der Waals surface area contributed by atoms with Crippen LogP contribution in [0, 0.1) is 13.8 Å². The van der Waals surface area contributed by atoms with E-state index in [4.69, 9.17) is 4.42 Å². The van der Waals surface area contributed by atoms with Crippen LogP contribution < -0.4 is 16.1 Å². The summed E-state index contributed by atoms with van der Waals surface area (Å²) in [7, 11) is 0. The third-order valence-electron chi connectivity index (χ3n) is 5.97. The normalized spacial score (nSPS) is 13.7. The average Bonchev–Trinajstić information content (AvgIpc) is 3.18. The number of fused-ring (bicyclic) bond motifs is 2. The van der Waals surface area contributed by atoms with Crippen LogP contribution in [-0.4, -0.2) is 10.9 Å². The number of hydrogen-bond acceptors (Lipinski definition) is 5. The number of anilines is 1. The van der Waals surface area contributed by atoms with Gasteiger partial charge in [0.15, 0.2) is 5.43 Å². The van der Waals surface area contributed by atoms with Gasteiger partial charge in [0.1, 0.15) is 11.3 Å². The summed E-state index contributed by atoms with van der Waals surface area (Å²) in [5.41, 5.74) is 6.04. The van der Waals surface area contributed by atoms with Crippen LogP contribution in [0.2, 0.25) is 0 Å². The van der Waals surface area contributed by atoms with E-state index in [1.807, 2.05) is 56.3 Å². The first kappa shape index (κ1) is 20.0. The van der Waals surface area contributed by atoms with Crippen LogP contribution in [0.3, 0.4) is 0 Å². The van der Waals surface area contributed by atoms with Crippen molar-refractivity contribution < 1.29 is 9.21 Å². The fourth-order valence-electron chi connectivity index (χ4n) is 4.37. The number of aromatic nitrogens is 1. The lowest BCUT2D eigenvalue weighted by atomic mass is 9.98. The second-order valence-corrected chi connectivity index (χ2v) is 8.25. The summed E-state index contributed by atoms with van der Waals surface area (Å²) in [6, 6.07) is 13.2. The molecule has 6 heteroatoms. The Morgan fingerprint density at radius 1 is 1.12 bits per heavy atom. The first-order valence-corrected chi connectivity index (χ1v) is 10.6. The number of pyridine rings is 1. The van der Waals surface area contributed by atoms with Gasteiger partial charge in [-0.05, 0) is 56.2 Å². The molecule has 1 atom stereocenters. The zero-order chi connectivity index (χ0) is 22.4. The van der Waals surface area contributed by atoms with Gasteiger partial charge in [0, 0.05) is 41.3 Å². The fraction of sp³-hybridized carbons (Fsp3) is 0.192. The number of nitrogens with zero attached hydrogens (tertiary/aromatic N) is 1. The fourth-order valence-corrected chi connectivity index (χ4v) is 4.37. The molecule has 0 spiro atoms. The van der Waals surface area contributed by atoms with E-state index in [1.54, 1.807) is 19.3 Å². The molecule has 160 valence electrons. The van der Waals surface area contributed by atoms with Crippen LogP contribution in [0.15, 0.2) is 64.1 Å². The van der Waals surface area contributed by atoms with Crippen molar-refractivity contribution in [2.24, 2.45) is 0 Å². The molecule has 1 aliphatic heterocycles. The van der Waals surface area contributed by atoms with E-state index in [2.05, 4.69) is 15.6 Å². The lowest BCUT2D eigenvalue weighted by molar-refractivity contribution is 0.0966. The molecule has 3 heterocycles. The molecule has 5 rings (SSSR count). The Kier molecular flexibility index (Phi) is 4.78. The molecule has 0 fully saturated rings. The molecule has 0 aliphatic carbocycles. The second-order valence-electron chi connectivity index (χ2n) is 8.25. The first-order valence-electron chi connectivity index (χ1n) is 10.6. The number of nitrogens with one attached hydrogen (secondary N) is 2. The van der Waals surface area contributed by atoms with Gasteiger partial charge >= 0.3 is 0 Å². The standard InChI is InChI=1S/C26H23N3O3/c1-14-10-19(16(3)29-21-8-4-6-17-13-28-26(31)22(17)21)25-20(11-14)23(30)15(2)24(32-25)18-7-5-9-27-12-18/h4-12,16,29H,13H2,1-3H3,(H,28,31). The van der Waals surface area contributed by atoms with Crippen LogP contribution in [0.4, 0.5) is 5.69 Å². The molecule has 6 nitrogen and oxygen atoms in total. The molecule has 1 unspecified atom stereocenters. The van der Waals surface area contributed by atoms with Crippen molar-refractivity contribution >= 4 is 22.6 Å². The van der Waals surface area contributed by atoms with Crippen molar-refractivity contribution in [1.29, 1.82) is 0 Å². The van der Waals surface area contributed by atoms with Gasteiger partial charge in [-0.25, -0.2) is 0 Å². The summed E-state index contributed by atoms with van der Waals surface area (Å²) in [6.45, 7) is 6.29. The summed E-state index contributed by atoms with van der Waals surface area (Å²) >= 11 is 0. The number of carbonyl (C=O) groups is 1. The van der Waals surface area contributed by atoms with Crippen LogP contribution in [0.1, 0.15) is 45.6 Å². The summed E-state index contributed by atoms with van der Waals surface area (Å²) < 4.78 is 6.36. The molecule has 1 amide bonds. The van der Waals surface area contributed by atoms with E-state index in [0.717, 1.165) is 27.9 Å². The molecule has 32 heavy (non-hydrogen) atoms. The number of hydrogen-bond donors (Lipinski definition) is 2. The maximum Gasteiger partial charge on any atom is 0.253 e. The Bertz CT molecular complexity index is 1420. The molecule has 2 aromatic carbocycles. The van der Waals surface area contributed by atoms with Crippen LogP contribution >= 0.6 is 0 Å². The topological polar surface area (TPSA) is 84.2 Å². The summed E-state index contributed by atoms with van der Waals surface area (Å²) in [4.78, 5) is 29.8. The molecule has 0 saturated heterocycles. The lowest BCUT2D eigenvalue weighted by Crippen LogP contribution is -2.16. The third kappa shape index (κ3) is 3.24. The highest BCUT2D eigenvalue weighted by molar-refractivity contribution is 6.03. The highest BCUT2D eigenvalue weighted by Gasteiger charge is 2.24. The number of carbonyl (C=O) groups excluding carboxylic acids is 1. The minimum atomic E-state index is -0.204. The summed E-state index contributed by atoms with van der Waals surface area (Å²) in [5.74, 6) is 0.443. The quantitative estimate of drug-likeness (QED) is 0.486. The zero-order valence-electron chi connectivity index (χ0n) is 18.2. The van der Waals surface area contributed by atoms with Crippen molar-refractivity contribution in [3.8, 4) is 11.3 Å². The van der Waals surface area contributed by atoms with Gasteiger partial charge < -0.3 is 15.1 Å². The zero-order valence-corrected chi connectivity index (χ0v) is 18.2. The van der Waals surface area contributed by atoms with E-state index < -0.39 is 0 Å². The van der Waals surface area contributed by atoms with E-state index in [0.29, 0.717) is 34.4 Å². The van der Waals surface area contributed by atoms with Gasteiger partial charge in [0.05, 0.1) is 17.0 Å². The molecule has 0 bridgehead atoms. The monoisotopic (exact) mass is 425 g/mol. The molecule has 1 aliphatic rings. The van der Waals surface area contributed by atoms with Gasteiger partial charge in [-0.15, -0.1) is 0 Å². The van der Waals surface area contributed by atoms with Crippen molar-refractivity contribution in [3.05, 3.63) is 92.9 Å². The highest BCUT2D eigenvalue weighted by Crippen LogP contribution is 2.33. The summed E-state index contributed by atoms with van der Waals surface area (Å²) in [5, 5.41) is 6.89. The van der Waals surface area contributed by atoms with Gasteiger partial charge in [-0.2, -0.15) is 0 Å². The molecule has 0 saturated carbocycles. The van der Waals surface area contributed by atoms with Gasteiger partial charge in [-0.1, -0.05) is 18.2 Å². The Labute approximate surface area is 185 Å². The number of aryl methyl sites for hydroxylation is 1. The minimum absolute atomic E-state index is 0.0535. The maximum atomic E-state index is 13.3. The second kappa shape index (κ2) is 7.64. The highest BCUT2D eigenvalue weighted by atomic mass is 16.3. The predicted molar refractivity (Wildman–Crippen MR) is 125 cm³/mol. The van der Waals surface area contributed by atoms with Crippen molar-refractivity contribution in [2.75, 3.05) is 5.32 Å². The Hall–Kier alpha value is -3.93. The molecular weight excluding hydrogens is 402 g/mol. The van der Waals surface area contributed by atoms with Gasteiger partial charge in [0.2, 0.25) is 0 Å².